The predicted molar refractivity (Wildman–Crippen MR) is 95.5 cm³/mol. The molecule has 2 aromatic heterocycles. The van der Waals surface area contributed by atoms with Crippen molar-refractivity contribution in [3.8, 4) is 0 Å². The molecule has 0 aliphatic carbocycles. The Morgan fingerprint density at radius 2 is 2.24 bits per heavy atom. The number of piperidine rings is 1. The van der Waals surface area contributed by atoms with Gasteiger partial charge in [-0.2, -0.15) is 0 Å². The van der Waals surface area contributed by atoms with Crippen LogP contribution < -0.4 is 0 Å². The largest absolute Gasteiger partial charge is 0.480 e. The van der Waals surface area contributed by atoms with Gasteiger partial charge in [-0.25, -0.2) is 4.79 Å². The Kier molecular flexibility index (Phi) is 5.45. The summed E-state index contributed by atoms with van der Waals surface area (Å²) in [4.78, 5) is 32.7. The second-order valence-corrected chi connectivity index (χ2v) is 7.23. The molecule has 0 bridgehead atoms. The quantitative estimate of drug-likeness (QED) is 0.887. The van der Waals surface area contributed by atoms with Gasteiger partial charge in [-0.3, -0.25) is 14.7 Å². The molecule has 1 amide bonds. The molecule has 3 heterocycles. The number of hydrogen-bond acceptors (Lipinski definition) is 5. The molecular weight excluding hydrogens is 338 g/mol. The van der Waals surface area contributed by atoms with Crippen molar-refractivity contribution in [1.82, 2.24) is 14.8 Å². The van der Waals surface area contributed by atoms with Gasteiger partial charge in [0.1, 0.15) is 6.04 Å². The highest BCUT2D eigenvalue weighted by Gasteiger charge is 2.38. The van der Waals surface area contributed by atoms with E-state index in [0.717, 1.165) is 12.0 Å². The number of aliphatic carboxylic acids is 1. The number of thiophene rings is 1. The molecule has 3 rings (SSSR count). The third kappa shape index (κ3) is 4.05. The van der Waals surface area contributed by atoms with Crippen molar-refractivity contribution < 1.29 is 14.7 Å². The molecule has 1 fully saturated rings. The van der Waals surface area contributed by atoms with Crippen LogP contribution in [0.25, 0.3) is 0 Å². The van der Waals surface area contributed by atoms with Gasteiger partial charge < -0.3 is 10.0 Å². The van der Waals surface area contributed by atoms with Gasteiger partial charge in [-0.1, -0.05) is 12.1 Å². The summed E-state index contributed by atoms with van der Waals surface area (Å²) < 4.78 is 0. The second-order valence-electron chi connectivity index (χ2n) is 6.28. The first-order valence-corrected chi connectivity index (χ1v) is 9.10. The normalized spacial score (nSPS) is 20.6. The minimum atomic E-state index is -0.940. The van der Waals surface area contributed by atoms with E-state index in [0.29, 0.717) is 24.4 Å². The third-order valence-corrected chi connectivity index (χ3v) is 5.49. The van der Waals surface area contributed by atoms with Gasteiger partial charge in [0.15, 0.2) is 0 Å². The number of pyridine rings is 1. The van der Waals surface area contributed by atoms with Gasteiger partial charge in [-0.15, -0.1) is 11.3 Å². The minimum absolute atomic E-state index is 0.119. The molecule has 25 heavy (non-hydrogen) atoms. The molecule has 0 aromatic carbocycles. The highest BCUT2D eigenvalue weighted by Crippen LogP contribution is 2.25. The van der Waals surface area contributed by atoms with Crippen LogP contribution in [-0.4, -0.2) is 57.4 Å². The minimum Gasteiger partial charge on any atom is -0.480 e. The molecule has 2 aromatic rings. The topological polar surface area (TPSA) is 73.7 Å². The first-order valence-electron chi connectivity index (χ1n) is 8.22. The Morgan fingerprint density at radius 1 is 1.40 bits per heavy atom. The number of rotatable bonds is 5. The van der Waals surface area contributed by atoms with E-state index >= 15 is 0 Å². The Balaban J connectivity index is 1.68. The number of nitrogens with zero attached hydrogens (tertiary/aromatic N) is 3. The van der Waals surface area contributed by atoms with Gasteiger partial charge >= 0.3 is 5.97 Å². The smallest absolute Gasteiger partial charge is 0.326 e. The fourth-order valence-corrected chi connectivity index (χ4v) is 3.95. The lowest BCUT2D eigenvalue weighted by Gasteiger charge is -2.40. The second kappa shape index (κ2) is 7.76. The van der Waals surface area contributed by atoms with E-state index in [4.69, 9.17) is 0 Å². The van der Waals surface area contributed by atoms with Crippen LogP contribution in [0.5, 0.6) is 0 Å². The molecule has 2 unspecified atom stereocenters. The number of hydrogen-bond donors (Lipinski definition) is 1. The van der Waals surface area contributed by atoms with Crippen molar-refractivity contribution in [2.45, 2.75) is 31.5 Å². The van der Waals surface area contributed by atoms with E-state index in [1.807, 2.05) is 36.8 Å². The van der Waals surface area contributed by atoms with E-state index in [-0.39, 0.29) is 11.9 Å². The summed E-state index contributed by atoms with van der Waals surface area (Å²) in [5.41, 5.74) is 1.09. The van der Waals surface area contributed by atoms with Gasteiger partial charge in [0.2, 0.25) is 0 Å². The molecule has 6 nitrogen and oxygen atoms in total. The Labute approximate surface area is 150 Å². The molecule has 0 saturated carbocycles. The number of amides is 1. The maximum absolute atomic E-state index is 12.6. The summed E-state index contributed by atoms with van der Waals surface area (Å²) in [5, 5.41) is 11.5. The number of carboxylic acids is 1. The molecule has 1 aliphatic rings. The van der Waals surface area contributed by atoms with Gasteiger partial charge in [0.05, 0.1) is 4.88 Å². The molecule has 1 saturated heterocycles. The molecule has 0 radical (unpaired) electrons. The van der Waals surface area contributed by atoms with Crippen LogP contribution in [-0.2, 0) is 11.3 Å². The zero-order chi connectivity index (χ0) is 17.8. The Hall–Kier alpha value is -2.25. The first kappa shape index (κ1) is 17.6. The Morgan fingerprint density at radius 3 is 2.88 bits per heavy atom. The van der Waals surface area contributed by atoms with E-state index in [1.54, 1.807) is 12.3 Å². The van der Waals surface area contributed by atoms with Crippen LogP contribution in [0.1, 0.15) is 28.1 Å². The Bertz CT molecular complexity index is 720. The van der Waals surface area contributed by atoms with E-state index < -0.39 is 12.0 Å². The van der Waals surface area contributed by atoms with Crippen molar-refractivity contribution in [2.75, 3.05) is 13.6 Å². The van der Waals surface area contributed by atoms with E-state index in [2.05, 4.69) is 9.88 Å². The van der Waals surface area contributed by atoms with Crippen LogP contribution in [0, 0.1) is 0 Å². The molecule has 7 heteroatoms. The van der Waals surface area contributed by atoms with Gasteiger partial charge in [0.25, 0.3) is 5.91 Å². The van der Waals surface area contributed by atoms with E-state index in [1.165, 1.54) is 16.2 Å². The van der Waals surface area contributed by atoms with Crippen molar-refractivity contribution in [3.63, 3.8) is 0 Å². The average molecular weight is 359 g/mol. The number of likely N-dealkylation sites (tertiary alicyclic amines) is 1. The van der Waals surface area contributed by atoms with Crippen molar-refractivity contribution in [3.05, 3.63) is 52.5 Å². The zero-order valence-corrected chi connectivity index (χ0v) is 14.9. The lowest BCUT2D eigenvalue weighted by molar-refractivity contribution is -0.144. The number of aromatic nitrogens is 1. The van der Waals surface area contributed by atoms with Gasteiger partial charge in [-0.05, 0) is 43.0 Å². The third-order valence-electron chi connectivity index (χ3n) is 4.63. The lowest BCUT2D eigenvalue weighted by atomic mass is 9.95. The van der Waals surface area contributed by atoms with Crippen molar-refractivity contribution in [2.24, 2.45) is 0 Å². The van der Waals surface area contributed by atoms with Crippen LogP contribution >= 0.6 is 11.3 Å². The summed E-state index contributed by atoms with van der Waals surface area (Å²) in [5.74, 6) is -1.12. The van der Waals surface area contributed by atoms with Crippen molar-refractivity contribution in [1.29, 1.82) is 0 Å². The van der Waals surface area contributed by atoms with Crippen LogP contribution in [0.2, 0.25) is 0 Å². The molecule has 0 spiro atoms. The van der Waals surface area contributed by atoms with Crippen LogP contribution in [0.3, 0.4) is 0 Å². The number of carboxylic acid groups (broad SMARTS) is 1. The monoisotopic (exact) mass is 359 g/mol. The molecule has 1 aliphatic heterocycles. The molecule has 2 atom stereocenters. The predicted octanol–water partition coefficient (Wildman–Crippen LogP) is 2.33. The summed E-state index contributed by atoms with van der Waals surface area (Å²) in [7, 11) is 1.99. The number of carbonyl (C=O) groups is 2. The maximum Gasteiger partial charge on any atom is 0.326 e. The molecular formula is C18H21N3O3S. The summed E-state index contributed by atoms with van der Waals surface area (Å²) in [6.07, 6.45) is 4.75. The fraction of sp³-hybridized carbons (Fsp3) is 0.389. The van der Waals surface area contributed by atoms with Crippen LogP contribution in [0.4, 0.5) is 0 Å². The zero-order valence-electron chi connectivity index (χ0n) is 14.0. The standard InChI is InChI=1S/C18H21N3O3S/c1-20(12-13-4-2-7-19-11-13)14-6-8-21(15(10-14)18(23)24)17(22)16-5-3-9-25-16/h2-5,7,9,11,14-15H,6,8,10,12H2,1H3,(H,23,24). The average Bonchev–Trinajstić information content (AvgIpc) is 3.16. The first-order chi connectivity index (χ1) is 12.1. The SMILES string of the molecule is CN(Cc1cccnc1)C1CCN(C(=O)c2cccs2)C(C(=O)O)C1. The summed E-state index contributed by atoms with van der Waals surface area (Å²) in [6.45, 7) is 1.17. The fourth-order valence-electron chi connectivity index (χ4n) is 3.27. The number of carbonyl (C=O) groups excluding carboxylic acids is 1. The highest BCUT2D eigenvalue weighted by molar-refractivity contribution is 7.12. The lowest BCUT2D eigenvalue weighted by Crippen LogP contribution is -2.54. The van der Waals surface area contributed by atoms with Crippen LogP contribution in [0.15, 0.2) is 42.0 Å². The maximum atomic E-state index is 12.6. The van der Waals surface area contributed by atoms with Gasteiger partial charge in [0, 0.05) is 31.5 Å². The highest BCUT2D eigenvalue weighted by atomic mass is 32.1. The summed E-state index contributed by atoms with van der Waals surface area (Å²) >= 11 is 1.35. The van der Waals surface area contributed by atoms with E-state index in [9.17, 15) is 14.7 Å². The molecule has 1 N–H and O–H groups in total. The summed E-state index contributed by atoms with van der Waals surface area (Å²) in [6, 6.07) is 6.78. The molecule has 132 valence electrons. The van der Waals surface area contributed by atoms with Crippen molar-refractivity contribution >= 4 is 23.2 Å².